The van der Waals surface area contributed by atoms with Crippen molar-refractivity contribution in [1.29, 1.82) is 0 Å². The number of piperidine rings is 1. The molecule has 5 rings (SSSR count). The van der Waals surface area contributed by atoms with Crippen molar-refractivity contribution >= 4 is 10.9 Å². The van der Waals surface area contributed by atoms with Crippen LogP contribution >= 0.6 is 0 Å². The minimum Gasteiger partial charge on any atom is -0.376 e. The van der Waals surface area contributed by atoms with Crippen LogP contribution in [0.5, 0.6) is 0 Å². The predicted octanol–water partition coefficient (Wildman–Crippen LogP) is 2.82. The fourth-order valence-electron chi connectivity index (χ4n) is 4.84. The van der Waals surface area contributed by atoms with Gasteiger partial charge >= 0.3 is 0 Å². The Morgan fingerprint density at radius 3 is 2.84 bits per heavy atom. The van der Waals surface area contributed by atoms with E-state index >= 15 is 0 Å². The molecule has 2 fully saturated rings. The lowest BCUT2D eigenvalue weighted by Gasteiger charge is -2.36. The van der Waals surface area contributed by atoms with Crippen LogP contribution in [0.4, 0.5) is 0 Å². The first-order valence-corrected chi connectivity index (χ1v) is 11.3. The van der Waals surface area contributed by atoms with Gasteiger partial charge in [0.25, 0.3) is 5.56 Å². The molecular formula is C23H30N6O2. The van der Waals surface area contributed by atoms with E-state index in [0.717, 1.165) is 67.7 Å². The molecule has 0 amide bonds. The molecule has 2 aliphatic heterocycles. The largest absolute Gasteiger partial charge is 0.376 e. The summed E-state index contributed by atoms with van der Waals surface area (Å²) in [6.07, 6.45) is 4.42. The Bertz CT molecular complexity index is 1110. The van der Waals surface area contributed by atoms with Gasteiger partial charge in [-0.3, -0.25) is 9.69 Å². The van der Waals surface area contributed by atoms with Crippen LogP contribution in [0.2, 0.25) is 0 Å². The summed E-state index contributed by atoms with van der Waals surface area (Å²) in [7, 11) is 0. The zero-order valence-corrected chi connectivity index (χ0v) is 18.3. The van der Waals surface area contributed by atoms with Gasteiger partial charge in [-0.05, 0) is 85.1 Å². The molecule has 31 heavy (non-hydrogen) atoms. The Labute approximate surface area is 181 Å². The van der Waals surface area contributed by atoms with Gasteiger partial charge in [-0.25, -0.2) is 4.68 Å². The molecule has 0 bridgehead atoms. The van der Waals surface area contributed by atoms with Gasteiger partial charge in [0.05, 0.1) is 12.6 Å². The third kappa shape index (κ3) is 4.14. The third-order valence-corrected chi connectivity index (χ3v) is 6.71. The molecule has 2 aromatic heterocycles. The second-order valence-electron chi connectivity index (χ2n) is 9.12. The number of nitrogens with one attached hydrogen (secondary N) is 1. The first-order valence-electron chi connectivity index (χ1n) is 11.3. The number of H-pyrrole nitrogens is 1. The average molecular weight is 423 g/mol. The zero-order chi connectivity index (χ0) is 21.4. The molecule has 0 saturated carbocycles. The number of hydrogen-bond donors (Lipinski definition) is 1. The lowest BCUT2D eigenvalue weighted by Crippen LogP contribution is -2.40. The summed E-state index contributed by atoms with van der Waals surface area (Å²) in [6, 6.07) is 7.89. The third-order valence-electron chi connectivity index (χ3n) is 6.71. The topological polar surface area (TPSA) is 88.9 Å². The summed E-state index contributed by atoms with van der Waals surface area (Å²) in [6.45, 7) is 7.57. The highest BCUT2D eigenvalue weighted by Crippen LogP contribution is 2.31. The van der Waals surface area contributed by atoms with Crippen LogP contribution in [0, 0.1) is 12.8 Å². The molecule has 2 saturated heterocycles. The van der Waals surface area contributed by atoms with Crippen LogP contribution < -0.4 is 5.56 Å². The Morgan fingerprint density at radius 2 is 2.06 bits per heavy atom. The van der Waals surface area contributed by atoms with Gasteiger partial charge in [0, 0.05) is 17.7 Å². The SMILES string of the molecule is Cc1ccc2cc([C@@H](c3nnnn3C[C@H]3CCCO3)N3CCC(C)CC3)c(=O)[nH]c2c1. The van der Waals surface area contributed by atoms with Crippen molar-refractivity contribution in [3.8, 4) is 0 Å². The van der Waals surface area contributed by atoms with Gasteiger partial charge in [-0.2, -0.15) is 0 Å². The molecule has 0 aliphatic carbocycles. The normalized spacial score (nSPS) is 21.7. The van der Waals surface area contributed by atoms with E-state index in [0.29, 0.717) is 18.0 Å². The number of aryl methyl sites for hydroxylation is 1. The number of fused-ring (bicyclic) bond motifs is 1. The summed E-state index contributed by atoms with van der Waals surface area (Å²) >= 11 is 0. The van der Waals surface area contributed by atoms with Crippen molar-refractivity contribution in [2.75, 3.05) is 19.7 Å². The Kier molecular flexibility index (Phi) is 5.58. The molecule has 164 valence electrons. The van der Waals surface area contributed by atoms with Crippen LogP contribution in [0.25, 0.3) is 10.9 Å². The van der Waals surface area contributed by atoms with E-state index < -0.39 is 0 Å². The lowest BCUT2D eigenvalue weighted by atomic mass is 9.95. The highest BCUT2D eigenvalue weighted by molar-refractivity contribution is 5.79. The molecule has 0 radical (unpaired) electrons. The van der Waals surface area contributed by atoms with Crippen molar-refractivity contribution in [2.24, 2.45) is 5.92 Å². The summed E-state index contributed by atoms with van der Waals surface area (Å²) < 4.78 is 7.67. The molecule has 8 heteroatoms. The summed E-state index contributed by atoms with van der Waals surface area (Å²) in [5, 5.41) is 13.7. The quantitative estimate of drug-likeness (QED) is 0.680. The maximum Gasteiger partial charge on any atom is 0.253 e. The standard InChI is InChI=1S/C23H30N6O2/c1-15-7-9-28(10-8-15)21(22-25-26-27-29(22)14-18-4-3-11-31-18)19-13-17-6-5-16(2)12-20(17)24-23(19)30/h5-6,12-13,15,18,21H,3-4,7-11,14H2,1-2H3,(H,24,30)/t18-,21+/m1/s1. The number of benzene rings is 1. The van der Waals surface area contributed by atoms with Crippen molar-refractivity contribution in [3.05, 3.63) is 51.6 Å². The Hall–Kier alpha value is -2.58. The first-order chi connectivity index (χ1) is 15.1. The van der Waals surface area contributed by atoms with Crippen LogP contribution in [-0.4, -0.2) is 55.9 Å². The lowest BCUT2D eigenvalue weighted by molar-refractivity contribution is 0.0894. The molecule has 8 nitrogen and oxygen atoms in total. The van der Waals surface area contributed by atoms with Crippen LogP contribution in [-0.2, 0) is 11.3 Å². The molecule has 2 atom stereocenters. The Morgan fingerprint density at radius 1 is 1.23 bits per heavy atom. The summed E-state index contributed by atoms with van der Waals surface area (Å²) in [5.41, 5.74) is 2.61. The number of rotatable bonds is 5. The maximum atomic E-state index is 13.3. The number of pyridine rings is 1. The number of ether oxygens (including phenoxy) is 1. The molecule has 0 spiro atoms. The van der Waals surface area contributed by atoms with E-state index in [1.807, 2.05) is 23.7 Å². The van der Waals surface area contributed by atoms with Gasteiger partial charge < -0.3 is 9.72 Å². The highest BCUT2D eigenvalue weighted by Gasteiger charge is 2.33. The van der Waals surface area contributed by atoms with Crippen molar-refractivity contribution in [3.63, 3.8) is 0 Å². The molecule has 4 heterocycles. The first kappa shape index (κ1) is 20.3. The van der Waals surface area contributed by atoms with E-state index in [9.17, 15) is 4.79 Å². The molecule has 1 N–H and O–H groups in total. The molecule has 3 aromatic rings. The number of aromatic nitrogens is 5. The molecular weight excluding hydrogens is 392 g/mol. The van der Waals surface area contributed by atoms with E-state index in [1.54, 1.807) is 0 Å². The maximum absolute atomic E-state index is 13.3. The Balaban J connectivity index is 1.58. The molecule has 0 unspecified atom stereocenters. The zero-order valence-electron chi connectivity index (χ0n) is 18.3. The smallest absolute Gasteiger partial charge is 0.253 e. The molecule has 2 aliphatic rings. The number of aromatic amines is 1. The second-order valence-corrected chi connectivity index (χ2v) is 9.12. The fraction of sp³-hybridized carbons (Fsp3) is 0.565. The van der Waals surface area contributed by atoms with Crippen molar-refractivity contribution < 1.29 is 4.74 Å². The average Bonchev–Trinajstić information content (AvgIpc) is 3.43. The number of nitrogens with zero attached hydrogens (tertiary/aromatic N) is 5. The predicted molar refractivity (Wildman–Crippen MR) is 118 cm³/mol. The second kappa shape index (κ2) is 8.51. The van der Waals surface area contributed by atoms with E-state index in [4.69, 9.17) is 4.74 Å². The van der Waals surface area contributed by atoms with Crippen LogP contribution in [0.15, 0.2) is 29.1 Å². The summed E-state index contributed by atoms with van der Waals surface area (Å²) in [5.74, 6) is 1.42. The van der Waals surface area contributed by atoms with E-state index in [-0.39, 0.29) is 17.7 Å². The summed E-state index contributed by atoms with van der Waals surface area (Å²) in [4.78, 5) is 18.7. The van der Waals surface area contributed by atoms with Gasteiger partial charge in [0.2, 0.25) is 0 Å². The fourth-order valence-corrected chi connectivity index (χ4v) is 4.84. The van der Waals surface area contributed by atoms with Crippen LogP contribution in [0.1, 0.15) is 55.6 Å². The number of hydrogen-bond acceptors (Lipinski definition) is 6. The van der Waals surface area contributed by atoms with Crippen molar-refractivity contribution in [2.45, 2.75) is 58.2 Å². The van der Waals surface area contributed by atoms with Gasteiger partial charge in [-0.15, -0.1) is 5.10 Å². The van der Waals surface area contributed by atoms with Gasteiger partial charge in [0.15, 0.2) is 5.82 Å². The number of likely N-dealkylation sites (tertiary alicyclic amines) is 1. The van der Waals surface area contributed by atoms with E-state index in [1.165, 1.54) is 0 Å². The van der Waals surface area contributed by atoms with Crippen LogP contribution in [0.3, 0.4) is 0 Å². The van der Waals surface area contributed by atoms with Crippen molar-refractivity contribution in [1.82, 2.24) is 30.1 Å². The molecule has 1 aromatic carbocycles. The van der Waals surface area contributed by atoms with Gasteiger partial charge in [-0.1, -0.05) is 19.1 Å². The minimum absolute atomic E-state index is 0.0756. The van der Waals surface area contributed by atoms with Gasteiger partial charge in [0.1, 0.15) is 6.04 Å². The van der Waals surface area contributed by atoms with E-state index in [2.05, 4.69) is 44.5 Å². The number of tetrazole rings is 1. The minimum atomic E-state index is -0.279. The highest BCUT2D eigenvalue weighted by atomic mass is 16.5. The monoisotopic (exact) mass is 422 g/mol.